The summed E-state index contributed by atoms with van der Waals surface area (Å²) < 4.78 is 42.4. The summed E-state index contributed by atoms with van der Waals surface area (Å²) in [7, 11) is 0. The van der Waals surface area contributed by atoms with E-state index in [-0.39, 0.29) is 12.2 Å². The topological polar surface area (TPSA) is 44.0 Å². The van der Waals surface area contributed by atoms with Crippen molar-refractivity contribution < 1.29 is 13.2 Å². The van der Waals surface area contributed by atoms with Crippen LogP contribution in [0.15, 0.2) is 86.1 Å². The van der Waals surface area contributed by atoms with Crippen LogP contribution in [-0.4, -0.2) is 9.13 Å². The maximum absolute atomic E-state index is 13.4. The second-order valence-electron chi connectivity index (χ2n) is 7.25. The lowest BCUT2D eigenvalue weighted by Crippen LogP contribution is -2.40. The van der Waals surface area contributed by atoms with Gasteiger partial charge in [-0.3, -0.25) is 13.9 Å². The monoisotopic (exact) mass is 440 g/mol. The molecule has 3 aromatic carbocycles. The van der Waals surface area contributed by atoms with Crippen molar-refractivity contribution in [2.75, 3.05) is 0 Å². The van der Waals surface area contributed by atoms with Crippen molar-refractivity contribution in [3.63, 3.8) is 0 Å². The maximum atomic E-state index is 13.4. The molecule has 1 aliphatic heterocycles. The molecule has 2 heterocycles. The van der Waals surface area contributed by atoms with Gasteiger partial charge in [-0.25, -0.2) is 4.79 Å². The molecular weight excluding hydrogens is 425 g/mol. The van der Waals surface area contributed by atoms with Gasteiger partial charge >= 0.3 is 11.9 Å². The molecule has 0 saturated carbocycles. The Morgan fingerprint density at radius 2 is 1.65 bits per heavy atom. The van der Waals surface area contributed by atoms with Crippen LogP contribution < -0.4 is 11.2 Å². The Labute approximate surface area is 178 Å². The molecule has 0 N–H and O–H groups in total. The number of rotatable bonds is 3. The predicted octanol–water partition coefficient (Wildman–Crippen LogP) is 4.88. The molecule has 4 nitrogen and oxygen atoms in total. The zero-order valence-electron chi connectivity index (χ0n) is 16.0. The van der Waals surface area contributed by atoms with E-state index < -0.39 is 23.0 Å². The molecule has 31 heavy (non-hydrogen) atoms. The van der Waals surface area contributed by atoms with Crippen LogP contribution in [0.5, 0.6) is 0 Å². The number of hydrogen-bond acceptors (Lipinski definition) is 3. The molecule has 0 atom stereocenters. The summed E-state index contributed by atoms with van der Waals surface area (Å²) >= 11 is 1.25. The highest BCUT2D eigenvalue weighted by Crippen LogP contribution is 2.43. The second kappa shape index (κ2) is 7.16. The average molecular weight is 440 g/mol. The zero-order valence-corrected chi connectivity index (χ0v) is 16.8. The fourth-order valence-electron chi connectivity index (χ4n) is 3.84. The van der Waals surface area contributed by atoms with Crippen LogP contribution in [0.1, 0.15) is 11.1 Å². The third kappa shape index (κ3) is 3.27. The van der Waals surface area contributed by atoms with E-state index >= 15 is 0 Å². The van der Waals surface area contributed by atoms with Crippen LogP contribution >= 0.6 is 11.8 Å². The van der Waals surface area contributed by atoms with Crippen molar-refractivity contribution in [1.82, 2.24) is 9.13 Å². The minimum absolute atomic E-state index is 0.128. The molecule has 0 aliphatic carbocycles. The number of nitrogens with zero attached hydrogens (tertiary/aromatic N) is 2. The predicted molar refractivity (Wildman–Crippen MR) is 113 cm³/mol. The van der Waals surface area contributed by atoms with Crippen LogP contribution in [-0.2, 0) is 19.1 Å². The number of benzene rings is 3. The molecule has 156 valence electrons. The lowest BCUT2D eigenvalue weighted by molar-refractivity contribution is -0.137. The van der Waals surface area contributed by atoms with Crippen LogP contribution in [0, 0.1) is 0 Å². The first-order chi connectivity index (χ1) is 14.8. The quantitative estimate of drug-likeness (QED) is 0.402. The van der Waals surface area contributed by atoms with Crippen LogP contribution in [0.4, 0.5) is 13.2 Å². The van der Waals surface area contributed by atoms with Crippen LogP contribution in [0.3, 0.4) is 0 Å². The summed E-state index contributed by atoms with van der Waals surface area (Å²) in [6, 6.07) is 17.8. The van der Waals surface area contributed by atoms with Crippen LogP contribution in [0.25, 0.3) is 16.6 Å². The summed E-state index contributed by atoms with van der Waals surface area (Å²) in [5.74, 6) is 0. The molecule has 0 bridgehead atoms. The van der Waals surface area contributed by atoms with Crippen molar-refractivity contribution in [2.24, 2.45) is 0 Å². The van der Waals surface area contributed by atoms with Gasteiger partial charge in [0, 0.05) is 16.3 Å². The number of fused-ring (bicyclic) bond motifs is 2. The average Bonchev–Trinajstić information content (AvgIpc) is 2.76. The number of alkyl halides is 3. The lowest BCUT2D eigenvalue weighted by atomic mass is 10.1. The molecule has 4 aromatic rings. The van der Waals surface area contributed by atoms with Crippen molar-refractivity contribution in [2.45, 2.75) is 28.9 Å². The second-order valence-corrected chi connectivity index (χ2v) is 8.33. The minimum Gasteiger partial charge on any atom is -0.268 e. The maximum Gasteiger partial charge on any atom is 0.416 e. The highest BCUT2D eigenvalue weighted by molar-refractivity contribution is 7.99. The molecule has 1 aromatic heterocycles. The normalized spacial score (nSPS) is 12.7. The Bertz CT molecular complexity index is 1440. The number of aryl methyl sites for hydroxylation is 1. The first kappa shape index (κ1) is 19.7. The van der Waals surface area contributed by atoms with Gasteiger partial charge in [0.25, 0.3) is 5.56 Å². The van der Waals surface area contributed by atoms with Gasteiger partial charge in [-0.05, 0) is 42.3 Å². The smallest absolute Gasteiger partial charge is 0.268 e. The third-order valence-corrected chi connectivity index (χ3v) is 6.45. The van der Waals surface area contributed by atoms with Gasteiger partial charge < -0.3 is 0 Å². The first-order valence-corrected chi connectivity index (χ1v) is 10.4. The number of halogens is 3. The van der Waals surface area contributed by atoms with E-state index in [0.29, 0.717) is 27.1 Å². The van der Waals surface area contributed by atoms with Gasteiger partial charge in [-0.1, -0.05) is 48.2 Å². The van der Waals surface area contributed by atoms with Gasteiger partial charge in [-0.2, -0.15) is 13.2 Å². The SMILES string of the molecule is O=c1c2cccc3c2n(c(=O)n1CCc1ccccc1)-c1cc(C(F)(F)F)ccc1S3. The van der Waals surface area contributed by atoms with Gasteiger partial charge in [0.05, 0.1) is 22.2 Å². The highest BCUT2D eigenvalue weighted by atomic mass is 32.2. The summed E-state index contributed by atoms with van der Waals surface area (Å²) in [6.07, 6.45) is -4.09. The Kier molecular flexibility index (Phi) is 4.55. The van der Waals surface area contributed by atoms with Gasteiger partial charge in [0.1, 0.15) is 0 Å². The summed E-state index contributed by atoms with van der Waals surface area (Å²) in [5.41, 5.74) is -0.469. The van der Waals surface area contributed by atoms with Gasteiger partial charge in [0.2, 0.25) is 0 Å². The number of aromatic nitrogens is 2. The molecule has 0 fully saturated rings. The lowest BCUT2D eigenvalue weighted by Gasteiger charge is -2.23. The van der Waals surface area contributed by atoms with Crippen molar-refractivity contribution in [1.29, 1.82) is 0 Å². The molecule has 0 spiro atoms. The molecule has 0 unspecified atom stereocenters. The summed E-state index contributed by atoms with van der Waals surface area (Å²) in [5, 5.41) is 0.306. The van der Waals surface area contributed by atoms with E-state index in [0.717, 1.165) is 22.3 Å². The van der Waals surface area contributed by atoms with Crippen molar-refractivity contribution in [3.8, 4) is 5.69 Å². The summed E-state index contributed by atoms with van der Waals surface area (Å²) in [4.78, 5) is 27.7. The fourth-order valence-corrected chi connectivity index (χ4v) is 4.91. The van der Waals surface area contributed by atoms with E-state index in [9.17, 15) is 22.8 Å². The van der Waals surface area contributed by atoms with E-state index in [1.165, 1.54) is 22.4 Å². The van der Waals surface area contributed by atoms with Crippen molar-refractivity contribution in [3.05, 3.63) is 98.7 Å². The van der Waals surface area contributed by atoms with Crippen LogP contribution in [0.2, 0.25) is 0 Å². The molecule has 8 heteroatoms. The molecule has 0 radical (unpaired) electrons. The zero-order chi connectivity index (χ0) is 21.8. The van der Waals surface area contributed by atoms with Gasteiger partial charge in [0.15, 0.2) is 0 Å². The fraction of sp³-hybridized carbons (Fsp3) is 0.130. The molecule has 0 amide bonds. The third-order valence-electron chi connectivity index (χ3n) is 5.33. The van der Waals surface area contributed by atoms with E-state index in [2.05, 4.69) is 0 Å². The Morgan fingerprint density at radius 1 is 0.871 bits per heavy atom. The van der Waals surface area contributed by atoms with E-state index in [1.807, 2.05) is 30.3 Å². The number of hydrogen-bond donors (Lipinski definition) is 0. The van der Waals surface area contributed by atoms with E-state index in [1.54, 1.807) is 18.2 Å². The Hall–Kier alpha value is -3.26. The largest absolute Gasteiger partial charge is 0.416 e. The van der Waals surface area contributed by atoms with Crippen molar-refractivity contribution >= 4 is 22.7 Å². The Balaban J connectivity index is 1.76. The first-order valence-electron chi connectivity index (χ1n) is 9.56. The molecule has 0 saturated heterocycles. The van der Waals surface area contributed by atoms with Gasteiger partial charge in [-0.15, -0.1) is 0 Å². The summed E-state index contributed by atoms with van der Waals surface area (Å²) in [6.45, 7) is 0.128. The molecule has 5 rings (SSSR count). The standard InChI is InChI=1S/C23H15F3N2O2S/c24-23(25,26)15-9-10-18-17(13-15)28-20-16(7-4-8-19(20)31-18)21(29)27(22(28)30)12-11-14-5-2-1-3-6-14/h1-10,13H,11-12H2. The Morgan fingerprint density at radius 3 is 2.39 bits per heavy atom. The highest BCUT2D eigenvalue weighted by Gasteiger charge is 2.33. The number of para-hydroxylation sites is 1. The molecule has 1 aliphatic rings. The van der Waals surface area contributed by atoms with E-state index in [4.69, 9.17) is 0 Å². The molecular formula is C23H15F3N2O2S. The minimum atomic E-state index is -4.54.